The molecule has 2 rings (SSSR count). The lowest BCUT2D eigenvalue weighted by atomic mass is 10.3. The van der Waals surface area contributed by atoms with Crippen molar-refractivity contribution in [3.05, 3.63) is 46.7 Å². The van der Waals surface area contributed by atoms with E-state index in [9.17, 15) is 9.59 Å². The molecule has 0 spiro atoms. The van der Waals surface area contributed by atoms with Crippen molar-refractivity contribution in [3.63, 3.8) is 0 Å². The second kappa shape index (κ2) is 5.11. The summed E-state index contributed by atoms with van der Waals surface area (Å²) in [6.45, 7) is 0. The highest BCUT2D eigenvalue weighted by Crippen LogP contribution is 2.18. The van der Waals surface area contributed by atoms with Crippen molar-refractivity contribution < 1.29 is 19.4 Å². The van der Waals surface area contributed by atoms with Gasteiger partial charge in [0.25, 0.3) is 0 Å². The molecule has 1 heterocycles. The minimum Gasteiger partial charge on any atom is -0.477 e. The topological polar surface area (TPSA) is 81.4 Å². The molecular formula is C12H9ClN2O4. The Hall–Kier alpha value is -2.34. The van der Waals surface area contributed by atoms with Crippen LogP contribution >= 0.6 is 11.6 Å². The third-order valence-corrected chi connectivity index (χ3v) is 2.55. The first-order chi connectivity index (χ1) is 8.97. The number of hydrogen-bond donors (Lipinski definition) is 1. The zero-order chi connectivity index (χ0) is 14.0. The predicted molar refractivity (Wildman–Crippen MR) is 66.6 cm³/mol. The molecule has 0 saturated heterocycles. The number of aromatic nitrogens is 2. The smallest absolute Gasteiger partial charge is 0.364 e. The molecule has 1 aromatic heterocycles. The Morgan fingerprint density at radius 3 is 2.68 bits per heavy atom. The van der Waals surface area contributed by atoms with Gasteiger partial charge in [0.05, 0.1) is 0 Å². The van der Waals surface area contributed by atoms with Gasteiger partial charge in [0.1, 0.15) is 11.4 Å². The molecule has 0 unspecified atom stereocenters. The van der Waals surface area contributed by atoms with E-state index in [1.54, 1.807) is 18.2 Å². The molecule has 0 bridgehead atoms. The first kappa shape index (κ1) is 13.1. The van der Waals surface area contributed by atoms with Gasteiger partial charge >= 0.3 is 11.9 Å². The normalized spacial score (nSPS) is 10.2. The Morgan fingerprint density at radius 1 is 1.37 bits per heavy atom. The van der Waals surface area contributed by atoms with Crippen LogP contribution in [0.15, 0.2) is 30.3 Å². The maximum absolute atomic E-state index is 11.8. The van der Waals surface area contributed by atoms with Gasteiger partial charge in [-0.2, -0.15) is 5.10 Å². The number of carboxylic acid groups (broad SMARTS) is 1. The number of carbonyl (C=O) groups is 2. The molecule has 1 aromatic carbocycles. The van der Waals surface area contributed by atoms with E-state index in [-0.39, 0.29) is 17.1 Å². The minimum atomic E-state index is -1.17. The van der Waals surface area contributed by atoms with Gasteiger partial charge in [-0.25, -0.2) is 9.59 Å². The molecular weight excluding hydrogens is 272 g/mol. The van der Waals surface area contributed by atoms with Crippen molar-refractivity contribution >= 4 is 23.5 Å². The summed E-state index contributed by atoms with van der Waals surface area (Å²) in [5, 5.41) is 13.1. The summed E-state index contributed by atoms with van der Waals surface area (Å²) in [7, 11) is 1.43. The SMILES string of the molecule is Cn1nc(C(=O)Oc2cccc(Cl)c2)cc1C(=O)O. The highest BCUT2D eigenvalue weighted by Gasteiger charge is 2.18. The fraction of sp³-hybridized carbons (Fsp3) is 0.0833. The molecule has 0 radical (unpaired) electrons. The van der Waals surface area contributed by atoms with E-state index in [0.29, 0.717) is 5.02 Å². The minimum absolute atomic E-state index is 0.0834. The molecule has 98 valence electrons. The predicted octanol–water partition coefficient (Wildman–Crippen LogP) is 1.99. The standard InChI is InChI=1S/C12H9ClN2O4/c1-15-10(11(16)17)6-9(14-15)12(18)19-8-4-2-3-7(13)5-8/h2-6H,1H3,(H,16,17). The zero-order valence-electron chi connectivity index (χ0n) is 9.83. The van der Waals surface area contributed by atoms with Crippen LogP contribution in [0.2, 0.25) is 5.02 Å². The van der Waals surface area contributed by atoms with E-state index in [4.69, 9.17) is 21.4 Å². The number of esters is 1. The second-order valence-electron chi connectivity index (χ2n) is 3.69. The number of hydrogen-bond acceptors (Lipinski definition) is 4. The van der Waals surface area contributed by atoms with Crippen molar-refractivity contribution in [1.29, 1.82) is 0 Å². The molecule has 19 heavy (non-hydrogen) atoms. The number of nitrogens with zero attached hydrogens (tertiary/aromatic N) is 2. The molecule has 1 N–H and O–H groups in total. The lowest BCUT2D eigenvalue weighted by Crippen LogP contribution is -2.09. The first-order valence-corrected chi connectivity index (χ1v) is 5.60. The summed E-state index contributed by atoms with van der Waals surface area (Å²) in [4.78, 5) is 22.6. The van der Waals surface area contributed by atoms with Gasteiger partial charge in [0.2, 0.25) is 0 Å². The van der Waals surface area contributed by atoms with Crippen molar-refractivity contribution in [2.24, 2.45) is 7.05 Å². The van der Waals surface area contributed by atoms with Crippen molar-refractivity contribution in [1.82, 2.24) is 9.78 Å². The summed E-state index contributed by atoms with van der Waals surface area (Å²) >= 11 is 5.76. The number of ether oxygens (including phenoxy) is 1. The van der Waals surface area contributed by atoms with Gasteiger partial charge in [-0.15, -0.1) is 0 Å². The molecule has 2 aromatic rings. The average Bonchev–Trinajstić information content (AvgIpc) is 2.71. The van der Waals surface area contributed by atoms with E-state index < -0.39 is 11.9 Å². The van der Waals surface area contributed by atoms with Gasteiger partial charge in [-0.3, -0.25) is 4.68 Å². The fourth-order valence-electron chi connectivity index (χ4n) is 1.46. The van der Waals surface area contributed by atoms with Crippen LogP contribution in [0, 0.1) is 0 Å². The van der Waals surface area contributed by atoms with E-state index in [2.05, 4.69) is 5.10 Å². The number of carbonyl (C=O) groups excluding carboxylic acids is 1. The Labute approximate surface area is 113 Å². The third-order valence-electron chi connectivity index (χ3n) is 2.31. The third kappa shape index (κ3) is 2.92. The van der Waals surface area contributed by atoms with Gasteiger partial charge in [-0.1, -0.05) is 17.7 Å². The number of aromatic carboxylic acids is 1. The van der Waals surface area contributed by atoms with Gasteiger partial charge < -0.3 is 9.84 Å². The number of carboxylic acids is 1. The highest BCUT2D eigenvalue weighted by atomic mass is 35.5. The number of halogens is 1. The largest absolute Gasteiger partial charge is 0.477 e. The average molecular weight is 281 g/mol. The summed E-state index contributed by atoms with van der Waals surface area (Å²) < 4.78 is 6.13. The van der Waals surface area contributed by atoms with E-state index >= 15 is 0 Å². The van der Waals surface area contributed by atoms with Crippen LogP contribution < -0.4 is 4.74 Å². The maximum Gasteiger partial charge on any atom is 0.364 e. The van der Waals surface area contributed by atoms with Crippen LogP contribution in [0.25, 0.3) is 0 Å². The quantitative estimate of drug-likeness (QED) is 0.687. The van der Waals surface area contributed by atoms with E-state index in [0.717, 1.165) is 10.7 Å². The van der Waals surface area contributed by atoms with Crippen LogP contribution in [-0.2, 0) is 7.05 Å². The van der Waals surface area contributed by atoms with Gasteiger partial charge in [-0.05, 0) is 18.2 Å². The molecule has 0 aliphatic rings. The van der Waals surface area contributed by atoms with Crippen molar-refractivity contribution in [2.75, 3.05) is 0 Å². The summed E-state index contributed by atoms with van der Waals surface area (Å²) in [6, 6.07) is 7.45. The lowest BCUT2D eigenvalue weighted by molar-refractivity contribution is 0.0683. The van der Waals surface area contributed by atoms with Crippen molar-refractivity contribution in [3.8, 4) is 5.75 Å². The lowest BCUT2D eigenvalue weighted by Gasteiger charge is -2.01. The molecule has 0 atom stereocenters. The molecule has 7 heteroatoms. The highest BCUT2D eigenvalue weighted by molar-refractivity contribution is 6.30. The Balaban J connectivity index is 2.21. The fourth-order valence-corrected chi connectivity index (χ4v) is 1.64. The monoisotopic (exact) mass is 280 g/mol. The van der Waals surface area contributed by atoms with E-state index in [1.165, 1.54) is 13.1 Å². The molecule has 0 aliphatic carbocycles. The molecule has 6 nitrogen and oxygen atoms in total. The number of rotatable bonds is 3. The van der Waals surface area contributed by atoms with E-state index in [1.807, 2.05) is 0 Å². The zero-order valence-corrected chi connectivity index (χ0v) is 10.6. The van der Waals surface area contributed by atoms with Crippen LogP contribution in [0.4, 0.5) is 0 Å². The summed E-state index contributed by atoms with van der Waals surface area (Å²) in [5.41, 5.74) is -0.182. The Bertz CT molecular complexity index is 651. The van der Waals surface area contributed by atoms with Gasteiger partial charge in [0.15, 0.2) is 5.69 Å². The van der Waals surface area contributed by atoms with Crippen molar-refractivity contribution in [2.45, 2.75) is 0 Å². The van der Waals surface area contributed by atoms with Crippen LogP contribution in [0.5, 0.6) is 5.75 Å². The summed E-state index contributed by atoms with van der Waals surface area (Å²) in [5.74, 6) is -1.65. The number of aryl methyl sites for hydroxylation is 1. The van der Waals surface area contributed by atoms with Gasteiger partial charge in [0, 0.05) is 18.1 Å². The Morgan fingerprint density at radius 2 is 2.11 bits per heavy atom. The molecule has 0 aliphatic heterocycles. The first-order valence-electron chi connectivity index (χ1n) is 5.22. The second-order valence-corrected chi connectivity index (χ2v) is 4.13. The maximum atomic E-state index is 11.8. The number of benzene rings is 1. The summed E-state index contributed by atoms with van der Waals surface area (Å²) in [6.07, 6.45) is 0. The van der Waals surface area contributed by atoms with Crippen LogP contribution in [0.1, 0.15) is 21.0 Å². The Kier molecular flexibility index (Phi) is 3.52. The van der Waals surface area contributed by atoms with Crippen LogP contribution in [-0.4, -0.2) is 26.8 Å². The molecule has 0 fully saturated rings. The molecule has 0 saturated carbocycles. The van der Waals surface area contributed by atoms with Crippen LogP contribution in [0.3, 0.4) is 0 Å². The molecule has 0 amide bonds.